The number of nitrogens with zero attached hydrogens (tertiary/aromatic N) is 6. The number of azo groups is 2. The number of rotatable bonds is 34. The number of benzene rings is 5. The Kier molecular flexibility index (Phi) is 22.9. The van der Waals surface area contributed by atoms with Gasteiger partial charge < -0.3 is 9.80 Å². The molecule has 0 aromatic heterocycles. The number of anilines is 2. The van der Waals surface area contributed by atoms with E-state index in [4.69, 9.17) is 10.2 Å². The van der Waals surface area contributed by atoms with E-state index < -0.39 is 0 Å². The molecular weight excluding hydrogens is 829 g/mol. The van der Waals surface area contributed by atoms with Crippen LogP contribution in [-0.2, 0) is 0 Å². The van der Waals surface area contributed by atoms with Crippen LogP contribution >= 0.6 is 0 Å². The van der Waals surface area contributed by atoms with Crippen LogP contribution in [0.4, 0.5) is 34.1 Å². The number of hydrogen-bond donors (Lipinski definition) is 0. The fraction of sp³-hybridized carbons (Fsp3) is 0.581. The Morgan fingerprint density at radius 3 is 1.24 bits per heavy atom. The molecule has 0 amide bonds. The fourth-order valence-corrected chi connectivity index (χ4v) is 10.8. The molecule has 0 radical (unpaired) electrons. The van der Waals surface area contributed by atoms with Crippen molar-refractivity contribution in [1.82, 2.24) is 0 Å². The summed E-state index contributed by atoms with van der Waals surface area (Å²) in [5.41, 5.74) is 7.30. The quantitative estimate of drug-likeness (QED) is 0.0305. The van der Waals surface area contributed by atoms with E-state index in [1.165, 1.54) is 207 Å². The maximum atomic E-state index is 5.09. The molecule has 1 unspecified atom stereocenters. The maximum absolute atomic E-state index is 5.09. The predicted molar refractivity (Wildman–Crippen MR) is 297 cm³/mol. The SMILES string of the molecule is CCCCCCCCCCCCCC1(C)N(CCCCCCCCCC)c2cccc3c(/N=N/c4ccc(/N=N/c5ccc(C)cc5)c5ccccc45)ccc(c23)N1CCCCCCCCCC. The van der Waals surface area contributed by atoms with Crippen LogP contribution in [0.3, 0.4) is 0 Å². The third kappa shape index (κ3) is 15.5. The third-order valence-electron chi connectivity index (χ3n) is 14.9. The van der Waals surface area contributed by atoms with Crippen molar-refractivity contribution in [2.75, 3.05) is 22.9 Å². The molecule has 0 saturated heterocycles. The Hall–Kier alpha value is -4.58. The molecule has 0 fully saturated rings. The van der Waals surface area contributed by atoms with E-state index in [0.717, 1.165) is 46.6 Å². The molecule has 5 aromatic carbocycles. The van der Waals surface area contributed by atoms with Crippen molar-refractivity contribution < 1.29 is 0 Å². The molecule has 1 aliphatic heterocycles. The van der Waals surface area contributed by atoms with E-state index in [0.29, 0.717) is 0 Å². The minimum absolute atomic E-state index is 0.0939. The molecule has 0 aliphatic carbocycles. The molecule has 0 N–H and O–H groups in total. The highest BCUT2D eigenvalue weighted by molar-refractivity contribution is 6.10. The third-order valence-corrected chi connectivity index (χ3v) is 14.9. The number of fused-ring (bicyclic) bond motifs is 1. The van der Waals surface area contributed by atoms with Gasteiger partial charge in [-0.1, -0.05) is 229 Å². The van der Waals surface area contributed by atoms with E-state index in [1.807, 2.05) is 24.3 Å². The molecule has 6 heteroatoms. The van der Waals surface area contributed by atoms with Crippen LogP contribution in [0.1, 0.15) is 213 Å². The van der Waals surface area contributed by atoms with Crippen molar-refractivity contribution in [3.63, 3.8) is 0 Å². The number of unbranched alkanes of at least 4 members (excludes halogenated alkanes) is 24. The maximum Gasteiger partial charge on any atom is 0.110 e. The zero-order chi connectivity index (χ0) is 47.7. The molecule has 0 saturated carbocycles. The van der Waals surface area contributed by atoms with Crippen molar-refractivity contribution in [1.29, 1.82) is 0 Å². The Bertz CT molecular complexity index is 2220. The molecule has 6 rings (SSSR count). The van der Waals surface area contributed by atoms with Crippen LogP contribution in [0.25, 0.3) is 21.5 Å². The number of aryl methyl sites for hydroxylation is 1. The van der Waals surface area contributed by atoms with Crippen LogP contribution < -0.4 is 9.80 Å². The van der Waals surface area contributed by atoms with Crippen molar-refractivity contribution >= 4 is 55.7 Å². The second kappa shape index (κ2) is 29.4. The van der Waals surface area contributed by atoms with Crippen molar-refractivity contribution in [3.8, 4) is 0 Å². The summed E-state index contributed by atoms with van der Waals surface area (Å²) >= 11 is 0. The second-order valence-corrected chi connectivity index (χ2v) is 20.4. The largest absolute Gasteiger partial charge is 0.348 e. The Morgan fingerprint density at radius 1 is 0.368 bits per heavy atom. The molecule has 6 nitrogen and oxygen atoms in total. The van der Waals surface area contributed by atoms with E-state index in [1.54, 1.807) is 0 Å². The zero-order valence-corrected chi connectivity index (χ0v) is 43.6. The van der Waals surface area contributed by atoms with Gasteiger partial charge in [-0.05, 0) is 82.0 Å². The smallest absolute Gasteiger partial charge is 0.110 e. The van der Waals surface area contributed by atoms with Crippen molar-refractivity contribution in [2.24, 2.45) is 20.5 Å². The standard InChI is InChI=1S/C62H90N6/c1-6-9-12-15-18-21-22-23-24-27-32-48-62(5)67(49-33-28-25-19-16-13-10-7-2)59-39-35-38-55-58(46-47-60(61(55)59)68(62)50-34-29-26-20-17-14-11-8-3)66-65-57-45-44-56(53-36-30-31-37-54(53)57)64-63-52-42-40-51(4)41-43-52/h30-31,35-47H,6-29,32-34,48-50H2,1-5H3/b64-63+,66-65+. The summed E-state index contributed by atoms with van der Waals surface area (Å²) < 4.78 is 0. The molecule has 0 spiro atoms. The van der Waals surface area contributed by atoms with E-state index in [9.17, 15) is 0 Å². The topological polar surface area (TPSA) is 55.9 Å². The summed E-state index contributed by atoms with van der Waals surface area (Å²) in [6.07, 6.45) is 37.6. The summed E-state index contributed by atoms with van der Waals surface area (Å²) in [5, 5.41) is 23.9. The highest BCUT2D eigenvalue weighted by Crippen LogP contribution is 2.50. The van der Waals surface area contributed by atoms with Gasteiger partial charge in [0.1, 0.15) is 5.66 Å². The minimum atomic E-state index is -0.0939. The first-order chi connectivity index (χ1) is 33.5. The van der Waals surface area contributed by atoms with Gasteiger partial charge in [-0.3, -0.25) is 0 Å². The van der Waals surface area contributed by atoms with Crippen LogP contribution in [-0.4, -0.2) is 18.8 Å². The first-order valence-corrected chi connectivity index (χ1v) is 28.0. The summed E-state index contributed by atoms with van der Waals surface area (Å²) in [6.45, 7) is 13.8. The first-order valence-electron chi connectivity index (χ1n) is 28.0. The van der Waals surface area contributed by atoms with Gasteiger partial charge in [0.25, 0.3) is 0 Å². The lowest BCUT2D eigenvalue weighted by Gasteiger charge is -2.55. The monoisotopic (exact) mass is 919 g/mol. The molecule has 0 bridgehead atoms. The van der Waals surface area contributed by atoms with Gasteiger partial charge in [0, 0.05) is 46.0 Å². The van der Waals surface area contributed by atoms with Crippen LogP contribution in [0.15, 0.2) is 111 Å². The zero-order valence-electron chi connectivity index (χ0n) is 43.6. The van der Waals surface area contributed by atoms with E-state index in [2.05, 4.69) is 121 Å². The normalized spacial score (nSPS) is 15.0. The predicted octanol–water partition coefficient (Wildman–Crippen LogP) is 21.5. The second-order valence-electron chi connectivity index (χ2n) is 20.4. The number of hydrogen-bond acceptors (Lipinski definition) is 6. The average Bonchev–Trinajstić information content (AvgIpc) is 3.36. The fourth-order valence-electron chi connectivity index (χ4n) is 10.8. The van der Waals surface area contributed by atoms with Gasteiger partial charge in [-0.15, -0.1) is 15.3 Å². The lowest BCUT2D eigenvalue weighted by Crippen LogP contribution is -2.62. The van der Waals surface area contributed by atoms with Crippen molar-refractivity contribution in [2.45, 2.75) is 220 Å². The molecule has 1 aliphatic rings. The highest BCUT2D eigenvalue weighted by atomic mass is 15.4. The Labute approximate surface area is 413 Å². The van der Waals surface area contributed by atoms with E-state index >= 15 is 0 Å². The van der Waals surface area contributed by atoms with Gasteiger partial charge in [0.05, 0.1) is 22.7 Å². The van der Waals surface area contributed by atoms with E-state index in [-0.39, 0.29) is 5.66 Å². The molecule has 5 aromatic rings. The summed E-state index contributed by atoms with van der Waals surface area (Å²) in [6, 6.07) is 32.2. The summed E-state index contributed by atoms with van der Waals surface area (Å²) in [7, 11) is 0. The summed E-state index contributed by atoms with van der Waals surface area (Å²) in [4.78, 5) is 5.72. The van der Waals surface area contributed by atoms with Gasteiger partial charge >= 0.3 is 0 Å². The van der Waals surface area contributed by atoms with Gasteiger partial charge in [-0.2, -0.15) is 5.11 Å². The Balaban J connectivity index is 1.27. The molecular formula is C62H90N6. The van der Waals surface area contributed by atoms with Gasteiger partial charge in [0.15, 0.2) is 0 Å². The molecule has 368 valence electrons. The van der Waals surface area contributed by atoms with Crippen LogP contribution in [0.5, 0.6) is 0 Å². The molecule has 1 heterocycles. The van der Waals surface area contributed by atoms with Gasteiger partial charge in [0.2, 0.25) is 0 Å². The van der Waals surface area contributed by atoms with Crippen LogP contribution in [0.2, 0.25) is 0 Å². The van der Waals surface area contributed by atoms with Crippen molar-refractivity contribution in [3.05, 3.63) is 96.6 Å². The summed E-state index contributed by atoms with van der Waals surface area (Å²) in [5.74, 6) is 0. The van der Waals surface area contributed by atoms with Crippen LogP contribution in [0, 0.1) is 6.92 Å². The Morgan fingerprint density at radius 2 is 0.750 bits per heavy atom. The highest BCUT2D eigenvalue weighted by Gasteiger charge is 2.42. The first kappa shape index (κ1) is 52.8. The van der Waals surface area contributed by atoms with Gasteiger partial charge in [-0.25, -0.2) is 0 Å². The lowest BCUT2D eigenvalue weighted by atomic mass is 9.90. The molecule has 1 atom stereocenters. The molecule has 68 heavy (non-hydrogen) atoms. The lowest BCUT2D eigenvalue weighted by molar-refractivity contribution is 0.341. The average molecular weight is 919 g/mol. The minimum Gasteiger partial charge on any atom is -0.348 e.